The van der Waals surface area contributed by atoms with Crippen molar-refractivity contribution in [1.29, 1.82) is 0 Å². The van der Waals surface area contributed by atoms with Crippen LogP contribution in [0.1, 0.15) is 43.9 Å². The minimum absolute atomic E-state index is 0.424. The molecule has 0 bridgehead atoms. The quantitative estimate of drug-likeness (QED) is 0.767. The normalized spacial score (nSPS) is 10.8. The standard InChI is InChI=1S/C10H17N3/c1-4-8-5-9(7(2)3)13-10(6-11)12-8/h5,7H,4,6,11H2,1-3H3. The van der Waals surface area contributed by atoms with Crippen molar-refractivity contribution in [3.05, 3.63) is 23.3 Å². The van der Waals surface area contributed by atoms with Crippen molar-refractivity contribution in [2.45, 2.75) is 39.7 Å². The first kappa shape index (κ1) is 10.1. The molecule has 13 heavy (non-hydrogen) atoms. The van der Waals surface area contributed by atoms with Crippen molar-refractivity contribution < 1.29 is 0 Å². The van der Waals surface area contributed by atoms with Gasteiger partial charge in [-0.15, -0.1) is 0 Å². The van der Waals surface area contributed by atoms with Gasteiger partial charge in [-0.05, 0) is 18.4 Å². The minimum atomic E-state index is 0.424. The maximum absolute atomic E-state index is 5.52. The molecule has 0 fully saturated rings. The second-order valence-electron chi connectivity index (χ2n) is 3.41. The summed E-state index contributed by atoms with van der Waals surface area (Å²) in [5.74, 6) is 1.20. The van der Waals surface area contributed by atoms with Gasteiger partial charge in [0.1, 0.15) is 5.82 Å². The summed E-state index contributed by atoms with van der Waals surface area (Å²) < 4.78 is 0. The van der Waals surface area contributed by atoms with E-state index in [0.29, 0.717) is 12.5 Å². The molecule has 0 saturated heterocycles. The van der Waals surface area contributed by atoms with Crippen LogP contribution >= 0.6 is 0 Å². The molecule has 1 aromatic rings. The third-order valence-corrected chi connectivity index (χ3v) is 1.98. The highest BCUT2D eigenvalue weighted by atomic mass is 14.9. The maximum Gasteiger partial charge on any atom is 0.142 e. The van der Waals surface area contributed by atoms with Crippen molar-refractivity contribution >= 4 is 0 Å². The Kier molecular flexibility index (Phi) is 3.37. The van der Waals surface area contributed by atoms with Gasteiger partial charge in [-0.25, -0.2) is 9.97 Å². The zero-order valence-corrected chi connectivity index (χ0v) is 8.54. The van der Waals surface area contributed by atoms with Crippen LogP contribution in [-0.4, -0.2) is 9.97 Å². The van der Waals surface area contributed by atoms with Gasteiger partial charge in [-0.1, -0.05) is 20.8 Å². The molecule has 0 unspecified atom stereocenters. The summed E-state index contributed by atoms with van der Waals surface area (Å²) >= 11 is 0. The van der Waals surface area contributed by atoms with Gasteiger partial charge in [0, 0.05) is 11.4 Å². The van der Waals surface area contributed by atoms with E-state index in [4.69, 9.17) is 5.73 Å². The van der Waals surface area contributed by atoms with Gasteiger partial charge >= 0.3 is 0 Å². The molecule has 1 heterocycles. The summed E-state index contributed by atoms with van der Waals surface area (Å²) in [5, 5.41) is 0. The van der Waals surface area contributed by atoms with E-state index in [1.165, 1.54) is 0 Å². The van der Waals surface area contributed by atoms with Gasteiger partial charge in [0.05, 0.1) is 6.54 Å². The van der Waals surface area contributed by atoms with E-state index in [1.807, 2.05) is 0 Å². The summed E-state index contributed by atoms with van der Waals surface area (Å²) in [6, 6.07) is 2.06. The zero-order valence-electron chi connectivity index (χ0n) is 8.54. The Morgan fingerprint density at radius 3 is 2.54 bits per heavy atom. The topological polar surface area (TPSA) is 51.8 Å². The number of nitrogens with two attached hydrogens (primary N) is 1. The average molecular weight is 179 g/mol. The second-order valence-corrected chi connectivity index (χ2v) is 3.41. The Morgan fingerprint density at radius 1 is 1.38 bits per heavy atom. The Balaban J connectivity index is 3.07. The first-order valence-corrected chi connectivity index (χ1v) is 4.74. The first-order valence-electron chi connectivity index (χ1n) is 4.74. The molecule has 2 N–H and O–H groups in total. The predicted molar refractivity (Wildman–Crippen MR) is 53.4 cm³/mol. The molecule has 0 aliphatic heterocycles. The Bertz CT molecular complexity index is 259. The van der Waals surface area contributed by atoms with Crippen LogP contribution in [0.15, 0.2) is 6.07 Å². The maximum atomic E-state index is 5.52. The van der Waals surface area contributed by atoms with Crippen molar-refractivity contribution in [2.24, 2.45) is 5.73 Å². The molecule has 0 atom stereocenters. The van der Waals surface area contributed by atoms with Crippen LogP contribution in [0.3, 0.4) is 0 Å². The monoisotopic (exact) mass is 179 g/mol. The lowest BCUT2D eigenvalue weighted by Crippen LogP contribution is -2.08. The molecule has 0 radical (unpaired) electrons. The van der Waals surface area contributed by atoms with Gasteiger partial charge in [-0.2, -0.15) is 0 Å². The van der Waals surface area contributed by atoms with E-state index in [2.05, 4.69) is 36.8 Å². The summed E-state index contributed by atoms with van der Waals surface area (Å²) in [6.07, 6.45) is 0.940. The second kappa shape index (κ2) is 4.33. The van der Waals surface area contributed by atoms with Crippen LogP contribution in [0.5, 0.6) is 0 Å². The van der Waals surface area contributed by atoms with E-state index in [1.54, 1.807) is 0 Å². The highest BCUT2D eigenvalue weighted by Gasteiger charge is 2.05. The summed E-state index contributed by atoms with van der Waals surface area (Å²) in [6.45, 7) is 6.77. The molecule has 1 rings (SSSR count). The van der Waals surface area contributed by atoms with Crippen molar-refractivity contribution in [3.63, 3.8) is 0 Å². The molecular weight excluding hydrogens is 162 g/mol. The number of hydrogen-bond acceptors (Lipinski definition) is 3. The third kappa shape index (κ3) is 2.49. The van der Waals surface area contributed by atoms with Crippen LogP contribution < -0.4 is 5.73 Å². The molecule has 72 valence electrons. The number of hydrogen-bond donors (Lipinski definition) is 1. The predicted octanol–water partition coefficient (Wildman–Crippen LogP) is 1.62. The fraction of sp³-hybridized carbons (Fsp3) is 0.600. The molecule has 3 heteroatoms. The summed E-state index contributed by atoms with van der Waals surface area (Å²) in [4.78, 5) is 8.68. The average Bonchev–Trinajstić information content (AvgIpc) is 2.16. The third-order valence-electron chi connectivity index (χ3n) is 1.98. The lowest BCUT2D eigenvalue weighted by atomic mass is 10.1. The van der Waals surface area contributed by atoms with Crippen LogP contribution in [0, 0.1) is 0 Å². The first-order chi connectivity index (χ1) is 6.17. The molecule has 3 nitrogen and oxygen atoms in total. The van der Waals surface area contributed by atoms with Gasteiger partial charge in [0.15, 0.2) is 0 Å². The van der Waals surface area contributed by atoms with Crippen LogP contribution in [0.25, 0.3) is 0 Å². The lowest BCUT2D eigenvalue weighted by molar-refractivity contribution is 0.765. The molecule has 0 aliphatic carbocycles. The van der Waals surface area contributed by atoms with Gasteiger partial charge in [0.2, 0.25) is 0 Å². The van der Waals surface area contributed by atoms with Crippen LogP contribution in [0.4, 0.5) is 0 Å². The van der Waals surface area contributed by atoms with Crippen molar-refractivity contribution in [1.82, 2.24) is 9.97 Å². The minimum Gasteiger partial charge on any atom is -0.324 e. The van der Waals surface area contributed by atoms with Crippen molar-refractivity contribution in [2.75, 3.05) is 0 Å². The van der Waals surface area contributed by atoms with Gasteiger partial charge in [0.25, 0.3) is 0 Å². The largest absolute Gasteiger partial charge is 0.324 e. The number of aryl methyl sites for hydroxylation is 1. The lowest BCUT2D eigenvalue weighted by Gasteiger charge is -2.07. The van der Waals surface area contributed by atoms with E-state index >= 15 is 0 Å². The van der Waals surface area contributed by atoms with E-state index in [-0.39, 0.29) is 0 Å². The SMILES string of the molecule is CCc1cc(C(C)C)nc(CN)n1. The molecule has 1 aromatic heterocycles. The highest BCUT2D eigenvalue weighted by molar-refractivity contribution is 5.14. The van der Waals surface area contributed by atoms with Crippen LogP contribution in [0.2, 0.25) is 0 Å². The van der Waals surface area contributed by atoms with Gasteiger partial charge < -0.3 is 5.73 Å². The smallest absolute Gasteiger partial charge is 0.142 e. The highest BCUT2D eigenvalue weighted by Crippen LogP contribution is 2.12. The Hall–Kier alpha value is -0.960. The zero-order chi connectivity index (χ0) is 9.84. The summed E-state index contributed by atoms with van der Waals surface area (Å²) in [5.41, 5.74) is 7.69. The van der Waals surface area contributed by atoms with E-state index in [9.17, 15) is 0 Å². The fourth-order valence-electron chi connectivity index (χ4n) is 1.14. The van der Waals surface area contributed by atoms with E-state index in [0.717, 1.165) is 23.6 Å². The van der Waals surface area contributed by atoms with Gasteiger partial charge in [-0.3, -0.25) is 0 Å². The summed E-state index contributed by atoms with van der Waals surface area (Å²) in [7, 11) is 0. The number of nitrogens with zero attached hydrogens (tertiary/aromatic N) is 2. The molecule has 0 saturated carbocycles. The number of aromatic nitrogens is 2. The molecule has 0 aromatic carbocycles. The molecule has 0 spiro atoms. The Morgan fingerprint density at radius 2 is 2.08 bits per heavy atom. The molecular formula is C10H17N3. The van der Waals surface area contributed by atoms with Crippen LogP contribution in [-0.2, 0) is 13.0 Å². The number of rotatable bonds is 3. The molecule has 0 aliphatic rings. The fourth-order valence-corrected chi connectivity index (χ4v) is 1.14. The van der Waals surface area contributed by atoms with Crippen molar-refractivity contribution in [3.8, 4) is 0 Å². The Labute approximate surface area is 79.4 Å². The molecule has 0 amide bonds. The van der Waals surface area contributed by atoms with E-state index < -0.39 is 0 Å².